The molecule has 0 radical (unpaired) electrons. The molecule has 0 aliphatic heterocycles. The molecule has 0 aromatic carbocycles. The summed E-state index contributed by atoms with van der Waals surface area (Å²) in [6, 6.07) is 0. The van der Waals surface area contributed by atoms with Crippen LogP contribution in [0.4, 0.5) is 5.13 Å². The highest BCUT2D eigenvalue weighted by Crippen LogP contribution is 2.28. The molecule has 0 atom stereocenters. The first kappa shape index (κ1) is 13.3. The maximum absolute atomic E-state index is 11.5. The lowest BCUT2D eigenvalue weighted by Gasteiger charge is -2.12. The topological polar surface area (TPSA) is 66.9 Å². The Hall–Kier alpha value is -1.17. The molecule has 2 rings (SSSR count). The summed E-state index contributed by atoms with van der Waals surface area (Å²) in [5, 5.41) is 15.8. The molecule has 1 aromatic rings. The van der Waals surface area contributed by atoms with Crippen LogP contribution in [0.25, 0.3) is 0 Å². The normalized spacial score (nSPS) is 15.5. The number of hydrogen-bond acceptors (Lipinski definition) is 5. The minimum absolute atomic E-state index is 0.00578. The molecule has 1 amide bonds. The molecule has 1 fully saturated rings. The van der Waals surface area contributed by atoms with E-state index < -0.39 is 0 Å². The van der Waals surface area contributed by atoms with Crippen molar-refractivity contribution in [3.8, 4) is 0 Å². The van der Waals surface area contributed by atoms with Crippen LogP contribution in [-0.4, -0.2) is 29.2 Å². The van der Waals surface area contributed by atoms with Gasteiger partial charge in [0.2, 0.25) is 11.0 Å². The molecular formula is C12H20N4OS. The lowest BCUT2D eigenvalue weighted by molar-refractivity contribution is -0.119. The fourth-order valence-corrected chi connectivity index (χ4v) is 2.19. The summed E-state index contributed by atoms with van der Waals surface area (Å²) in [5.74, 6) is 0.734. The van der Waals surface area contributed by atoms with Crippen LogP contribution in [0.5, 0.6) is 0 Å². The van der Waals surface area contributed by atoms with Gasteiger partial charge in [0.1, 0.15) is 5.01 Å². The number of rotatable bonds is 5. The fourth-order valence-electron chi connectivity index (χ4n) is 1.40. The van der Waals surface area contributed by atoms with Crippen LogP contribution in [0.3, 0.4) is 0 Å². The Labute approximate surface area is 111 Å². The van der Waals surface area contributed by atoms with Crippen LogP contribution in [0.15, 0.2) is 0 Å². The Kier molecular flexibility index (Phi) is 3.85. The average Bonchev–Trinajstić information content (AvgIpc) is 2.98. The maximum atomic E-state index is 11.5. The summed E-state index contributed by atoms with van der Waals surface area (Å²) in [6.45, 7) is 7.37. The summed E-state index contributed by atoms with van der Waals surface area (Å²) in [6.07, 6.45) is 2.50. The van der Waals surface area contributed by atoms with Crippen molar-refractivity contribution < 1.29 is 4.79 Å². The van der Waals surface area contributed by atoms with Crippen molar-refractivity contribution in [2.45, 2.75) is 39.0 Å². The molecule has 1 aliphatic carbocycles. The zero-order valence-electron chi connectivity index (χ0n) is 11.1. The first-order valence-corrected chi connectivity index (χ1v) is 7.11. The van der Waals surface area contributed by atoms with E-state index in [0.717, 1.165) is 11.6 Å². The Morgan fingerprint density at radius 3 is 2.67 bits per heavy atom. The highest BCUT2D eigenvalue weighted by molar-refractivity contribution is 7.15. The van der Waals surface area contributed by atoms with Crippen molar-refractivity contribution in [2.24, 2.45) is 5.92 Å². The van der Waals surface area contributed by atoms with E-state index in [1.54, 1.807) is 0 Å². The number of aromatic nitrogens is 2. The van der Waals surface area contributed by atoms with Gasteiger partial charge in [0, 0.05) is 12.0 Å². The summed E-state index contributed by atoms with van der Waals surface area (Å²) in [5.41, 5.74) is 0.00578. The molecule has 1 heterocycles. The predicted octanol–water partition coefficient (Wildman–Crippen LogP) is 1.77. The Morgan fingerprint density at radius 1 is 1.39 bits per heavy atom. The van der Waals surface area contributed by atoms with Gasteiger partial charge in [-0.3, -0.25) is 4.79 Å². The average molecular weight is 268 g/mol. The van der Waals surface area contributed by atoms with Crippen LogP contribution >= 0.6 is 11.3 Å². The van der Waals surface area contributed by atoms with Gasteiger partial charge in [0.05, 0.1) is 6.54 Å². The Balaban J connectivity index is 1.75. The van der Waals surface area contributed by atoms with Gasteiger partial charge in [-0.2, -0.15) is 0 Å². The van der Waals surface area contributed by atoms with Gasteiger partial charge in [-0.25, -0.2) is 0 Å². The molecule has 2 N–H and O–H groups in total. The SMILES string of the molecule is CC(C)(C)c1nnc(NCC(=O)NCC2CC2)s1. The van der Waals surface area contributed by atoms with E-state index >= 15 is 0 Å². The molecule has 18 heavy (non-hydrogen) atoms. The van der Waals surface area contributed by atoms with Crippen LogP contribution in [0.1, 0.15) is 38.6 Å². The van der Waals surface area contributed by atoms with Crippen molar-refractivity contribution in [1.82, 2.24) is 15.5 Å². The van der Waals surface area contributed by atoms with E-state index in [0.29, 0.717) is 11.0 Å². The molecule has 1 aromatic heterocycles. The standard InChI is InChI=1S/C12H20N4OS/c1-12(2,3)10-15-16-11(18-10)14-7-9(17)13-6-8-4-5-8/h8H,4-7H2,1-3H3,(H,13,17)(H,14,16). The third-order valence-corrected chi connectivity index (χ3v) is 4.06. The molecule has 0 saturated heterocycles. The fraction of sp³-hybridized carbons (Fsp3) is 0.750. The van der Waals surface area contributed by atoms with E-state index in [1.807, 2.05) is 0 Å². The molecule has 5 nitrogen and oxygen atoms in total. The highest BCUT2D eigenvalue weighted by Gasteiger charge is 2.22. The largest absolute Gasteiger partial charge is 0.354 e. The second-order valence-corrected chi connectivity index (χ2v) is 6.74. The van der Waals surface area contributed by atoms with E-state index in [-0.39, 0.29) is 17.9 Å². The van der Waals surface area contributed by atoms with E-state index in [2.05, 4.69) is 41.6 Å². The highest BCUT2D eigenvalue weighted by atomic mass is 32.1. The summed E-state index contributed by atoms with van der Waals surface area (Å²) in [7, 11) is 0. The predicted molar refractivity (Wildman–Crippen MR) is 72.8 cm³/mol. The van der Waals surface area contributed by atoms with Crippen molar-refractivity contribution in [3.63, 3.8) is 0 Å². The second kappa shape index (κ2) is 5.22. The zero-order chi connectivity index (χ0) is 13.2. The Bertz CT molecular complexity index is 420. The first-order valence-electron chi connectivity index (χ1n) is 6.29. The van der Waals surface area contributed by atoms with E-state index in [4.69, 9.17) is 0 Å². The first-order chi connectivity index (χ1) is 8.45. The summed E-state index contributed by atoms with van der Waals surface area (Å²) < 4.78 is 0. The Morgan fingerprint density at radius 2 is 2.11 bits per heavy atom. The number of nitrogens with one attached hydrogen (secondary N) is 2. The van der Waals surface area contributed by atoms with E-state index in [9.17, 15) is 4.79 Å². The molecule has 100 valence electrons. The lowest BCUT2D eigenvalue weighted by atomic mass is 9.98. The number of carbonyl (C=O) groups is 1. The second-order valence-electron chi connectivity index (χ2n) is 5.76. The third-order valence-electron chi connectivity index (χ3n) is 2.75. The number of anilines is 1. The van der Waals surface area contributed by atoms with Gasteiger partial charge in [0.25, 0.3) is 0 Å². The zero-order valence-corrected chi connectivity index (χ0v) is 11.9. The number of amides is 1. The molecule has 0 spiro atoms. The minimum atomic E-state index is 0.00578. The van der Waals surface area contributed by atoms with Crippen molar-refractivity contribution >= 4 is 22.4 Å². The van der Waals surface area contributed by atoms with Crippen LogP contribution < -0.4 is 10.6 Å². The van der Waals surface area contributed by atoms with Crippen LogP contribution in [-0.2, 0) is 10.2 Å². The molecular weight excluding hydrogens is 248 g/mol. The van der Waals surface area contributed by atoms with Gasteiger partial charge in [-0.15, -0.1) is 10.2 Å². The molecule has 0 unspecified atom stereocenters. The van der Waals surface area contributed by atoms with Gasteiger partial charge in [0.15, 0.2) is 0 Å². The molecule has 1 aliphatic rings. The molecule has 0 bridgehead atoms. The third kappa shape index (κ3) is 3.94. The smallest absolute Gasteiger partial charge is 0.239 e. The van der Waals surface area contributed by atoms with Gasteiger partial charge in [-0.1, -0.05) is 32.1 Å². The molecule has 1 saturated carbocycles. The maximum Gasteiger partial charge on any atom is 0.239 e. The van der Waals surface area contributed by atoms with E-state index in [1.165, 1.54) is 24.2 Å². The van der Waals surface area contributed by atoms with Crippen LogP contribution in [0, 0.1) is 5.92 Å². The van der Waals surface area contributed by atoms with Gasteiger partial charge < -0.3 is 10.6 Å². The molecule has 6 heteroatoms. The lowest BCUT2D eigenvalue weighted by Crippen LogP contribution is -2.31. The summed E-state index contributed by atoms with van der Waals surface area (Å²) in [4.78, 5) is 11.5. The van der Waals surface area contributed by atoms with Crippen LogP contribution in [0.2, 0.25) is 0 Å². The van der Waals surface area contributed by atoms with Crippen molar-refractivity contribution in [1.29, 1.82) is 0 Å². The summed E-state index contributed by atoms with van der Waals surface area (Å²) >= 11 is 1.51. The van der Waals surface area contributed by atoms with Gasteiger partial charge in [-0.05, 0) is 18.8 Å². The van der Waals surface area contributed by atoms with Gasteiger partial charge >= 0.3 is 0 Å². The monoisotopic (exact) mass is 268 g/mol. The number of nitrogens with zero attached hydrogens (tertiary/aromatic N) is 2. The number of hydrogen-bond donors (Lipinski definition) is 2. The number of carbonyl (C=O) groups excluding carboxylic acids is 1. The minimum Gasteiger partial charge on any atom is -0.354 e. The van der Waals surface area contributed by atoms with Crippen molar-refractivity contribution in [3.05, 3.63) is 5.01 Å². The quantitative estimate of drug-likeness (QED) is 0.854. The van der Waals surface area contributed by atoms with Crippen molar-refractivity contribution in [2.75, 3.05) is 18.4 Å².